The van der Waals surface area contributed by atoms with Crippen LogP contribution in [0.15, 0.2) is 53.3 Å². The number of hydrogen-bond acceptors (Lipinski definition) is 4. The van der Waals surface area contributed by atoms with Gasteiger partial charge in [-0.15, -0.1) is 0 Å². The molecule has 160 valence electrons. The third kappa shape index (κ3) is 4.20. The predicted octanol–water partition coefficient (Wildman–Crippen LogP) is 3.20. The van der Waals surface area contributed by atoms with Crippen LogP contribution in [0.2, 0.25) is 0 Å². The minimum Gasteiger partial charge on any atom is -0.484 e. The summed E-state index contributed by atoms with van der Waals surface area (Å²) in [7, 11) is 0. The molecule has 1 aromatic heterocycles. The van der Waals surface area contributed by atoms with Crippen molar-refractivity contribution in [1.82, 2.24) is 14.5 Å². The number of rotatable bonds is 5. The molecule has 0 bridgehead atoms. The van der Waals surface area contributed by atoms with E-state index < -0.39 is 0 Å². The fourth-order valence-corrected chi connectivity index (χ4v) is 4.72. The van der Waals surface area contributed by atoms with Gasteiger partial charge in [-0.05, 0) is 55.4 Å². The largest absolute Gasteiger partial charge is 0.484 e. The van der Waals surface area contributed by atoms with Gasteiger partial charge in [0.05, 0.1) is 10.9 Å². The molecule has 0 radical (unpaired) electrons. The molecule has 2 aliphatic rings. The van der Waals surface area contributed by atoms with E-state index in [0.717, 1.165) is 57.6 Å². The van der Waals surface area contributed by atoms with Crippen LogP contribution in [0.5, 0.6) is 5.75 Å². The van der Waals surface area contributed by atoms with Gasteiger partial charge in [-0.2, -0.15) is 0 Å². The number of nitrogens with zero attached hydrogens (tertiary/aromatic N) is 3. The summed E-state index contributed by atoms with van der Waals surface area (Å²) >= 11 is 0. The third-order valence-electron chi connectivity index (χ3n) is 6.48. The lowest BCUT2D eigenvalue weighted by molar-refractivity contribution is -0.134. The maximum atomic E-state index is 12.7. The Bertz CT molecular complexity index is 1150. The number of likely N-dealkylation sites (tertiary alicyclic amines) is 1. The number of aryl methyl sites for hydroxylation is 1. The van der Waals surface area contributed by atoms with Gasteiger partial charge in [0.1, 0.15) is 11.6 Å². The minimum absolute atomic E-state index is 0.00191. The molecule has 1 fully saturated rings. The molecule has 0 saturated carbocycles. The molecule has 3 heterocycles. The first-order valence-corrected chi connectivity index (χ1v) is 11.2. The summed E-state index contributed by atoms with van der Waals surface area (Å²) in [5.41, 5.74) is 2.04. The maximum absolute atomic E-state index is 12.7. The van der Waals surface area contributed by atoms with Crippen molar-refractivity contribution < 1.29 is 9.53 Å². The SMILES string of the molecule is O=C(COc1ccc2nc3n(c(=O)c2c1)CCC3)N1CCC(Cc2ccccc2)CC1. The van der Waals surface area contributed by atoms with Gasteiger partial charge in [0, 0.05) is 26.1 Å². The fourth-order valence-electron chi connectivity index (χ4n) is 4.72. The van der Waals surface area contributed by atoms with E-state index in [2.05, 4.69) is 29.2 Å². The molecular formula is C25H27N3O3. The van der Waals surface area contributed by atoms with Gasteiger partial charge in [0.25, 0.3) is 11.5 Å². The van der Waals surface area contributed by atoms with Crippen molar-refractivity contribution in [3.8, 4) is 5.75 Å². The molecule has 5 rings (SSSR count). The molecule has 0 unspecified atom stereocenters. The first-order valence-electron chi connectivity index (χ1n) is 11.2. The van der Waals surface area contributed by atoms with E-state index in [9.17, 15) is 9.59 Å². The van der Waals surface area contributed by atoms with Crippen LogP contribution in [0.25, 0.3) is 10.9 Å². The molecule has 0 spiro atoms. The molecular weight excluding hydrogens is 390 g/mol. The van der Waals surface area contributed by atoms with Crippen molar-refractivity contribution in [2.75, 3.05) is 19.7 Å². The molecule has 31 heavy (non-hydrogen) atoms. The molecule has 2 aliphatic heterocycles. The van der Waals surface area contributed by atoms with Crippen LogP contribution < -0.4 is 10.3 Å². The number of amides is 1. The zero-order valence-electron chi connectivity index (χ0n) is 17.6. The third-order valence-corrected chi connectivity index (χ3v) is 6.48. The Kier molecular flexibility index (Phi) is 5.45. The van der Waals surface area contributed by atoms with Gasteiger partial charge in [-0.25, -0.2) is 4.98 Å². The van der Waals surface area contributed by atoms with Gasteiger partial charge in [-0.1, -0.05) is 30.3 Å². The van der Waals surface area contributed by atoms with Crippen LogP contribution >= 0.6 is 0 Å². The zero-order valence-corrected chi connectivity index (χ0v) is 17.6. The van der Waals surface area contributed by atoms with Crippen molar-refractivity contribution >= 4 is 16.8 Å². The average Bonchev–Trinajstić information content (AvgIpc) is 3.28. The lowest BCUT2D eigenvalue weighted by Gasteiger charge is -2.32. The second-order valence-corrected chi connectivity index (χ2v) is 8.57. The van der Waals surface area contributed by atoms with Crippen LogP contribution in [0.3, 0.4) is 0 Å². The normalized spacial score (nSPS) is 16.5. The van der Waals surface area contributed by atoms with E-state index in [-0.39, 0.29) is 18.1 Å². The molecule has 3 aromatic rings. The summed E-state index contributed by atoms with van der Waals surface area (Å²) < 4.78 is 7.51. The maximum Gasteiger partial charge on any atom is 0.261 e. The fraction of sp³-hybridized carbons (Fsp3) is 0.400. The Hall–Kier alpha value is -3.15. The Morgan fingerprint density at radius 2 is 1.87 bits per heavy atom. The Balaban J connectivity index is 1.17. The lowest BCUT2D eigenvalue weighted by Crippen LogP contribution is -2.41. The number of ether oxygens (including phenoxy) is 1. The second-order valence-electron chi connectivity index (χ2n) is 8.57. The number of piperidine rings is 1. The molecule has 6 nitrogen and oxygen atoms in total. The quantitative estimate of drug-likeness (QED) is 0.640. The summed E-state index contributed by atoms with van der Waals surface area (Å²) in [5, 5.41) is 0.553. The average molecular weight is 418 g/mol. The molecule has 1 amide bonds. The summed E-state index contributed by atoms with van der Waals surface area (Å²) in [6.45, 7) is 2.26. The van der Waals surface area contributed by atoms with Crippen LogP contribution in [-0.4, -0.2) is 40.1 Å². The van der Waals surface area contributed by atoms with Crippen LogP contribution in [0.1, 0.15) is 30.7 Å². The Labute approximate surface area is 181 Å². The minimum atomic E-state index is -0.0187. The summed E-state index contributed by atoms with van der Waals surface area (Å²) in [4.78, 5) is 31.8. The smallest absolute Gasteiger partial charge is 0.261 e. The van der Waals surface area contributed by atoms with Crippen molar-refractivity contribution in [3.05, 3.63) is 70.3 Å². The van der Waals surface area contributed by atoms with Crippen LogP contribution in [0.4, 0.5) is 0 Å². The van der Waals surface area contributed by atoms with Gasteiger partial charge >= 0.3 is 0 Å². The van der Waals surface area contributed by atoms with Crippen LogP contribution in [0, 0.1) is 5.92 Å². The number of carbonyl (C=O) groups is 1. The van der Waals surface area contributed by atoms with Gasteiger partial charge in [0.15, 0.2) is 6.61 Å². The predicted molar refractivity (Wildman–Crippen MR) is 119 cm³/mol. The summed E-state index contributed by atoms with van der Waals surface area (Å²) in [6.07, 6.45) is 4.91. The molecule has 0 atom stereocenters. The second kappa shape index (κ2) is 8.53. The Morgan fingerprint density at radius 3 is 2.68 bits per heavy atom. The van der Waals surface area contributed by atoms with Gasteiger partial charge in [-0.3, -0.25) is 14.2 Å². The highest BCUT2D eigenvalue weighted by Gasteiger charge is 2.23. The van der Waals surface area contributed by atoms with E-state index in [1.54, 1.807) is 16.7 Å². The highest BCUT2D eigenvalue weighted by atomic mass is 16.5. The number of aromatic nitrogens is 2. The molecule has 1 saturated heterocycles. The van der Waals surface area contributed by atoms with E-state index in [0.29, 0.717) is 22.6 Å². The first kappa shape index (κ1) is 19.8. The van der Waals surface area contributed by atoms with Crippen molar-refractivity contribution in [3.63, 3.8) is 0 Å². The van der Waals surface area contributed by atoms with Gasteiger partial charge < -0.3 is 9.64 Å². The summed E-state index contributed by atoms with van der Waals surface area (Å²) in [6, 6.07) is 15.9. The standard InChI is InChI=1S/C25H27N3O3/c29-24(27-13-10-19(11-14-27)15-18-5-2-1-3-6-18)17-31-20-8-9-22-21(16-20)25(30)28-12-4-7-23(28)26-22/h1-3,5-6,8-9,16,19H,4,7,10-15,17H2. The number of hydrogen-bond donors (Lipinski definition) is 0. The van der Waals surface area contributed by atoms with Crippen LogP contribution in [-0.2, 0) is 24.2 Å². The van der Waals surface area contributed by atoms with Crippen molar-refractivity contribution in [1.29, 1.82) is 0 Å². The topological polar surface area (TPSA) is 64.4 Å². The van der Waals surface area contributed by atoms with E-state index in [1.165, 1.54) is 5.56 Å². The number of carbonyl (C=O) groups excluding carboxylic acids is 1. The summed E-state index contributed by atoms with van der Waals surface area (Å²) in [5.74, 6) is 2.02. The first-order chi connectivity index (χ1) is 15.2. The van der Waals surface area contributed by atoms with E-state index in [4.69, 9.17) is 4.74 Å². The zero-order chi connectivity index (χ0) is 21.2. The van der Waals surface area contributed by atoms with E-state index in [1.807, 2.05) is 17.0 Å². The molecule has 6 heteroatoms. The van der Waals surface area contributed by atoms with Gasteiger partial charge in [0.2, 0.25) is 0 Å². The van der Waals surface area contributed by atoms with E-state index >= 15 is 0 Å². The van der Waals surface area contributed by atoms with Crippen molar-refractivity contribution in [2.24, 2.45) is 5.92 Å². The Morgan fingerprint density at radius 1 is 1.06 bits per heavy atom. The monoisotopic (exact) mass is 417 g/mol. The number of fused-ring (bicyclic) bond motifs is 2. The van der Waals surface area contributed by atoms with Crippen molar-refractivity contribution in [2.45, 2.75) is 38.6 Å². The molecule has 0 aliphatic carbocycles. The highest BCUT2D eigenvalue weighted by molar-refractivity contribution is 5.80. The highest BCUT2D eigenvalue weighted by Crippen LogP contribution is 2.23. The molecule has 2 aromatic carbocycles. The number of benzene rings is 2. The molecule has 0 N–H and O–H groups in total. The lowest BCUT2D eigenvalue weighted by atomic mass is 9.90.